The Balaban J connectivity index is 1.98. The van der Waals surface area contributed by atoms with E-state index in [0.717, 1.165) is 24.4 Å². The van der Waals surface area contributed by atoms with Gasteiger partial charge in [0.05, 0.1) is 7.11 Å². The number of rotatable bonds is 5. The van der Waals surface area contributed by atoms with E-state index in [1.165, 1.54) is 0 Å². The Hall–Kier alpha value is -2.08. The molecule has 1 aromatic carbocycles. The smallest absolute Gasteiger partial charge is 0.237 e. The summed E-state index contributed by atoms with van der Waals surface area (Å²) >= 11 is 0. The summed E-state index contributed by atoms with van der Waals surface area (Å²) in [6.45, 7) is 6.71. The maximum atomic E-state index is 12.7. The highest BCUT2D eigenvalue weighted by molar-refractivity contribution is 6.04. The van der Waals surface area contributed by atoms with Gasteiger partial charge in [-0.25, -0.2) is 0 Å². The second-order valence-electron chi connectivity index (χ2n) is 6.72. The van der Waals surface area contributed by atoms with E-state index in [-0.39, 0.29) is 11.8 Å². The van der Waals surface area contributed by atoms with Crippen molar-refractivity contribution in [2.45, 2.75) is 20.4 Å². The first-order valence-electron chi connectivity index (χ1n) is 8.24. The first kappa shape index (κ1) is 18.3. The molecule has 1 N–H and O–H groups in total. The zero-order valence-electron chi connectivity index (χ0n) is 15.0. The topological polar surface area (TPSA) is 61.9 Å². The van der Waals surface area contributed by atoms with Gasteiger partial charge in [0, 0.05) is 38.3 Å². The summed E-state index contributed by atoms with van der Waals surface area (Å²) in [4.78, 5) is 29.3. The zero-order chi connectivity index (χ0) is 17.7. The number of nitrogens with zero attached hydrogens (tertiary/aromatic N) is 2. The van der Waals surface area contributed by atoms with Gasteiger partial charge in [-0.2, -0.15) is 0 Å². The molecule has 1 aliphatic heterocycles. The van der Waals surface area contributed by atoms with Crippen LogP contribution in [0.25, 0.3) is 0 Å². The van der Waals surface area contributed by atoms with Crippen molar-refractivity contribution in [2.24, 2.45) is 5.41 Å². The molecule has 0 aliphatic carbocycles. The van der Waals surface area contributed by atoms with E-state index >= 15 is 0 Å². The molecule has 0 atom stereocenters. The van der Waals surface area contributed by atoms with Crippen molar-refractivity contribution in [1.82, 2.24) is 15.1 Å². The van der Waals surface area contributed by atoms with Crippen LogP contribution in [-0.4, -0.2) is 62.0 Å². The fourth-order valence-corrected chi connectivity index (χ4v) is 2.75. The van der Waals surface area contributed by atoms with Gasteiger partial charge in [0.25, 0.3) is 0 Å². The van der Waals surface area contributed by atoms with Crippen LogP contribution < -0.4 is 10.1 Å². The Bertz CT molecular complexity index is 593. The number of benzene rings is 1. The molecule has 0 bridgehead atoms. The highest BCUT2D eigenvalue weighted by Crippen LogP contribution is 2.22. The number of hydrogen-bond donors (Lipinski definition) is 1. The third-order valence-corrected chi connectivity index (χ3v) is 4.52. The van der Waals surface area contributed by atoms with E-state index in [0.29, 0.717) is 19.6 Å². The van der Waals surface area contributed by atoms with Crippen LogP contribution >= 0.6 is 0 Å². The van der Waals surface area contributed by atoms with E-state index < -0.39 is 5.41 Å². The molecular formula is C18H27N3O3. The minimum absolute atomic E-state index is 0.117. The minimum Gasteiger partial charge on any atom is -0.496 e. The van der Waals surface area contributed by atoms with Gasteiger partial charge < -0.3 is 19.9 Å². The molecule has 1 fully saturated rings. The first-order valence-corrected chi connectivity index (χ1v) is 8.24. The van der Waals surface area contributed by atoms with Crippen molar-refractivity contribution in [2.75, 3.05) is 40.3 Å². The number of piperazine rings is 1. The standard InChI is InChI=1S/C18H27N3O3/c1-18(2,17(23)21-11-9-20(3)10-12-21)16(22)19-13-14-7-5-6-8-15(14)24-4/h5-8H,9-13H2,1-4H3,(H,19,22). The number of hydrogen-bond acceptors (Lipinski definition) is 4. The molecule has 1 saturated heterocycles. The number of carbonyl (C=O) groups excluding carboxylic acids is 2. The lowest BCUT2D eigenvalue weighted by atomic mass is 9.90. The van der Waals surface area contributed by atoms with Crippen molar-refractivity contribution < 1.29 is 14.3 Å². The van der Waals surface area contributed by atoms with Crippen LogP contribution in [0.2, 0.25) is 0 Å². The molecule has 2 rings (SSSR count). The van der Waals surface area contributed by atoms with E-state index in [2.05, 4.69) is 10.2 Å². The molecule has 1 aliphatic rings. The summed E-state index contributed by atoms with van der Waals surface area (Å²) < 4.78 is 5.28. The third kappa shape index (κ3) is 4.06. The minimum atomic E-state index is -1.09. The van der Waals surface area contributed by atoms with Crippen molar-refractivity contribution in [3.8, 4) is 5.75 Å². The van der Waals surface area contributed by atoms with Gasteiger partial charge in [-0.15, -0.1) is 0 Å². The summed E-state index contributed by atoms with van der Waals surface area (Å²) in [6.07, 6.45) is 0. The molecule has 1 heterocycles. The molecule has 0 radical (unpaired) electrons. The van der Waals surface area contributed by atoms with Crippen LogP contribution in [0.5, 0.6) is 5.75 Å². The Kier molecular flexibility index (Phi) is 5.83. The predicted molar refractivity (Wildman–Crippen MR) is 92.7 cm³/mol. The van der Waals surface area contributed by atoms with E-state index in [1.54, 1.807) is 25.9 Å². The molecule has 132 valence electrons. The van der Waals surface area contributed by atoms with Gasteiger partial charge in [-0.05, 0) is 27.0 Å². The fourth-order valence-electron chi connectivity index (χ4n) is 2.75. The molecular weight excluding hydrogens is 306 g/mol. The highest BCUT2D eigenvalue weighted by Gasteiger charge is 2.39. The second-order valence-corrected chi connectivity index (χ2v) is 6.72. The number of methoxy groups -OCH3 is 1. The Labute approximate surface area is 143 Å². The number of likely N-dealkylation sites (N-methyl/N-ethyl adjacent to an activating group) is 1. The van der Waals surface area contributed by atoms with Crippen LogP contribution in [-0.2, 0) is 16.1 Å². The second kappa shape index (κ2) is 7.66. The number of para-hydroxylation sites is 1. The molecule has 0 saturated carbocycles. The summed E-state index contributed by atoms with van der Waals surface area (Å²) in [6, 6.07) is 7.52. The number of amides is 2. The predicted octanol–water partition coefficient (Wildman–Crippen LogP) is 1.11. The van der Waals surface area contributed by atoms with Crippen molar-refractivity contribution in [1.29, 1.82) is 0 Å². The molecule has 6 heteroatoms. The molecule has 24 heavy (non-hydrogen) atoms. The molecule has 6 nitrogen and oxygen atoms in total. The lowest BCUT2D eigenvalue weighted by Gasteiger charge is -2.36. The molecule has 0 unspecified atom stereocenters. The van der Waals surface area contributed by atoms with Gasteiger partial charge >= 0.3 is 0 Å². The average Bonchev–Trinajstić information content (AvgIpc) is 2.59. The lowest BCUT2D eigenvalue weighted by molar-refractivity contribution is -0.149. The quantitative estimate of drug-likeness (QED) is 0.820. The average molecular weight is 333 g/mol. The molecule has 1 aromatic rings. The van der Waals surface area contributed by atoms with Crippen molar-refractivity contribution in [3.63, 3.8) is 0 Å². The normalized spacial score (nSPS) is 15.9. The van der Waals surface area contributed by atoms with Crippen LogP contribution in [0.1, 0.15) is 19.4 Å². The Morgan fingerprint density at radius 3 is 2.42 bits per heavy atom. The molecule has 0 aromatic heterocycles. The summed E-state index contributed by atoms with van der Waals surface area (Å²) in [5.74, 6) is 0.339. The summed E-state index contributed by atoms with van der Waals surface area (Å²) in [5, 5.41) is 2.87. The van der Waals surface area contributed by atoms with Crippen LogP contribution in [0, 0.1) is 5.41 Å². The van der Waals surface area contributed by atoms with Crippen molar-refractivity contribution in [3.05, 3.63) is 29.8 Å². The largest absolute Gasteiger partial charge is 0.496 e. The maximum Gasteiger partial charge on any atom is 0.237 e. The summed E-state index contributed by atoms with van der Waals surface area (Å²) in [7, 11) is 3.63. The van der Waals surface area contributed by atoms with Crippen molar-refractivity contribution >= 4 is 11.8 Å². The van der Waals surface area contributed by atoms with Crippen LogP contribution in [0.15, 0.2) is 24.3 Å². The van der Waals surface area contributed by atoms with Gasteiger partial charge in [-0.3, -0.25) is 9.59 Å². The number of carbonyl (C=O) groups is 2. The number of nitrogens with one attached hydrogen (secondary N) is 1. The fraction of sp³-hybridized carbons (Fsp3) is 0.556. The van der Waals surface area contributed by atoms with E-state index in [4.69, 9.17) is 4.74 Å². The monoisotopic (exact) mass is 333 g/mol. The SMILES string of the molecule is COc1ccccc1CNC(=O)C(C)(C)C(=O)N1CCN(C)CC1. The highest BCUT2D eigenvalue weighted by atomic mass is 16.5. The van der Waals surface area contributed by atoms with Gasteiger partial charge in [0.2, 0.25) is 11.8 Å². The van der Waals surface area contributed by atoms with Gasteiger partial charge in [0.1, 0.15) is 11.2 Å². The van der Waals surface area contributed by atoms with Crippen LogP contribution in [0.4, 0.5) is 0 Å². The lowest BCUT2D eigenvalue weighted by Crippen LogP contribution is -2.54. The number of ether oxygens (including phenoxy) is 1. The Morgan fingerprint density at radius 2 is 1.79 bits per heavy atom. The van der Waals surface area contributed by atoms with Crippen LogP contribution in [0.3, 0.4) is 0 Å². The maximum absolute atomic E-state index is 12.7. The van der Waals surface area contributed by atoms with Gasteiger partial charge in [-0.1, -0.05) is 18.2 Å². The third-order valence-electron chi connectivity index (χ3n) is 4.52. The van der Waals surface area contributed by atoms with E-state index in [1.807, 2.05) is 31.3 Å². The Morgan fingerprint density at radius 1 is 1.17 bits per heavy atom. The van der Waals surface area contributed by atoms with E-state index in [9.17, 15) is 9.59 Å². The molecule has 0 spiro atoms. The first-order chi connectivity index (χ1) is 11.4. The zero-order valence-corrected chi connectivity index (χ0v) is 15.0. The molecule has 2 amide bonds. The van der Waals surface area contributed by atoms with Gasteiger partial charge in [0.15, 0.2) is 0 Å². The summed E-state index contributed by atoms with van der Waals surface area (Å²) in [5.41, 5.74) is -0.200.